The fourth-order valence-electron chi connectivity index (χ4n) is 3.00. The summed E-state index contributed by atoms with van der Waals surface area (Å²) < 4.78 is 1.77. The summed E-state index contributed by atoms with van der Waals surface area (Å²) in [6.45, 7) is 1.53. The molecular formula is C21H17N3O2S. The molecule has 0 N–H and O–H groups in total. The normalized spacial score (nSPS) is 10.9. The Bertz CT molecular complexity index is 1150. The van der Waals surface area contributed by atoms with Crippen molar-refractivity contribution >= 4 is 34.2 Å². The second-order valence-electron chi connectivity index (χ2n) is 6.20. The van der Waals surface area contributed by atoms with Gasteiger partial charge in [0.15, 0.2) is 0 Å². The van der Waals surface area contributed by atoms with Crippen molar-refractivity contribution in [2.24, 2.45) is 0 Å². The number of nitrogens with zero attached hydrogens (tertiary/aromatic N) is 3. The van der Waals surface area contributed by atoms with Gasteiger partial charge in [-0.05, 0) is 35.7 Å². The van der Waals surface area contributed by atoms with Gasteiger partial charge in [0.25, 0.3) is 0 Å². The van der Waals surface area contributed by atoms with Crippen molar-refractivity contribution in [1.82, 2.24) is 9.61 Å². The molecule has 4 aromatic rings. The highest BCUT2D eigenvalue weighted by atomic mass is 32.1. The summed E-state index contributed by atoms with van der Waals surface area (Å²) in [6, 6.07) is 17.2. The van der Waals surface area contributed by atoms with E-state index in [1.54, 1.807) is 22.7 Å². The van der Waals surface area contributed by atoms with E-state index in [-0.39, 0.29) is 11.7 Å². The lowest BCUT2D eigenvalue weighted by atomic mass is 10.1. The number of thiophene rings is 1. The molecule has 3 aromatic heterocycles. The number of hydrogen-bond donors (Lipinski definition) is 0. The molecule has 0 atom stereocenters. The Morgan fingerprint density at radius 3 is 2.63 bits per heavy atom. The molecule has 6 heteroatoms. The highest BCUT2D eigenvalue weighted by molar-refractivity contribution is 7.12. The summed E-state index contributed by atoms with van der Waals surface area (Å²) in [5.41, 5.74) is 3.92. The highest BCUT2D eigenvalue weighted by Crippen LogP contribution is 2.27. The van der Waals surface area contributed by atoms with Crippen LogP contribution < -0.4 is 4.90 Å². The van der Waals surface area contributed by atoms with E-state index in [2.05, 4.69) is 5.10 Å². The molecule has 0 radical (unpaired) electrons. The van der Waals surface area contributed by atoms with Crippen molar-refractivity contribution in [3.05, 3.63) is 76.6 Å². The Kier molecular flexibility index (Phi) is 4.33. The third kappa shape index (κ3) is 3.04. The largest absolute Gasteiger partial charge is 0.316 e. The molecule has 3 heterocycles. The minimum Gasteiger partial charge on any atom is -0.316 e. The number of pyridine rings is 1. The lowest BCUT2D eigenvalue weighted by molar-refractivity contribution is -0.116. The van der Waals surface area contributed by atoms with Crippen molar-refractivity contribution in [3.63, 3.8) is 0 Å². The van der Waals surface area contributed by atoms with Gasteiger partial charge in [-0.1, -0.05) is 24.3 Å². The number of carbonyl (C=O) groups excluding carboxylic acids is 2. The average molecular weight is 375 g/mol. The van der Waals surface area contributed by atoms with Crippen LogP contribution in [0.5, 0.6) is 0 Å². The van der Waals surface area contributed by atoms with Crippen LogP contribution in [-0.2, 0) is 4.79 Å². The minimum absolute atomic E-state index is 0.0257. The van der Waals surface area contributed by atoms with Crippen LogP contribution in [0.15, 0.2) is 66.2 Å². The van der Waals surface area contributed by atoms with E-state index in [0.717, 1.165) is 22.5 Å². The first-order chi connectivity index (χ1) is 13.1. The molecule has 0 saturated carbocycles. The Morgan fingerprint density at radius 1 is 1.07 bits per heavy atom. The summed E-state index contributed by atoms with van der Waals surface area (Å²) in [5, 5.41) is 6.35. The first-order valence-electron chi connectivity index (χ1n) is 8.46. The van der Waals surface area contributed by atoms with Gasteiger partial charge in [-0.3, -0.25) is 9.59 Å². The number of anilines is 1. The standard InChI is InChI=1S/C21H17N3O2S/c1-14(25)23(2)16-7-3-6-15(12-16)18-8-4-9-19-17(13-22-24(18)19)21(26)20-10-5-11-27-20/h3-13H,1-2H3. The van der Waals surface area contributed by atoms with Crippen molar-refractivity contribution in [1.29, 1.82) is 0 Å². The van der Waals surface area contributed by atoms with E-state index >= 15 is 0 Å². The lowest BCUT2D eigenvalue weighted by Gasteiger charge is -2.16. The molecule has 4 rings (SSSR count). The minimum atomic E-state index is -0.0340. The first kappa shape index (κ1) is 17.2. The van der Waals surface area contributed by atoms with Gasteiger partial charge in [0, 0.05) is 25.2 Å². The smallest absolute Gasteiger partial charge is 0.223 e. The van der Waals surface area contributed by atoms with Gasteiger partial charge in [-0.25, -0.2) is 4.52 Å². The molecule has 1 amide bonds. The summed E-state index contributed by atoms with van der Waals surface area (Å²) in [5.74, 6) is -0.0597. The van der Waals surface area contributed by atoms with Crippen LogP contribution in [0.4, 0.5) is 5.69 Å². The quantitative estimate of drug-likeness (QED) is 0.500. The second kappa shape index (κ2) is 6.81. The Hall–Kier alpha value is -3.25. The molecule has 0 aliphatic heterocycles. The van der Waals surface area contributed by atoms with Gasteiger partial charge in [0.1, 0.15) is 0 Å². The number of rotatable bonds is 4. The van der Waals surface area contributed by atoms with E-state index in [0.29, 0.717) is 10.4 Å². The molecule has 0 aliphatic carbocycles. The molecular weight excluding hydrogens is 358 g/mol. The maximum atomic E-state index is 12.8. The number of benzene rings is 1. The molecule has 0 bridgehead atoms. The zero-order valence-corrected chi connectivity index (χ0v) is 15.7. The van der Waals surface area contributed by atoms with E-state index in [9.17, 15) is 9.59 Å². The van der Waals surface area contributed by atoms with Crippen molar-refractivity contribution in [3.8, 4) is 11.3 Å². The van der Waals surface area contributed by atoms with Crippen LogP contribution in [0.1, 0.15) is 22.2 Å². The first-order valence-corrected chi connectivity index (χ1v) is 9.34. The Morgan fingerprint density at radius 2 is 1.89 bits per heavy atom. The Labute approximate surface area is 160 Å². The van der Waals surface area contributed by atoms with Crippen LogP contribution in [0.25, 0.3) is 16.8 Å². The molecule has 27 heavy (non-hydrogen) atoms. The van der Waals surface area contributed by atoms with Gasteiger partial charge in [0.2, 0.25) is 11.7 Å². The van der Waals surface area contributed by atoms with Crippen molar-refractivity contribution in [2.45, 2.75) is 6.92 Å². The zero-order valence-electron chi connectivity index (χ0n) is 14.9. The van der Waals surface area contributed by atoms with E-state index < -0.39 is 0 Å². The van der Waals surface area contributed by atoms with Crippen LogP contribution in [0.2, 0.25) is 0 Å². The van der Waals surface area contributed by atoms with Gasteiger partial charge in [-0.15, -0.1) is 11.3 Å². The van der Waals surface area contributed by atoms with E-state index in [1.165, 1.54) is 18.3 Å². The third-order valence-electron chi connectivity index (χ3n) is 4.53. The number of aromatic nitrogens is 2. The van der Waals surface area contributed by atoms with Crippen LogP contribution in [-0.4, -0.2) is 28.4 Å². The predicted molar refractivity (Wildman–Crippen MR) is 107 cm³/mol. The van der Waals surface area contributed by atoms with Gasteiger partial charge in [0.05, 0.1) is 27.8 Å². The fourth-order valence-corrected chi connectivity index (χ4v) is 3.68. The number of hydrogen-bond acceptors (Lipinski definition) is 4. The van der Waals surface area contributed by atoms with Crippen LogP contribution >= 0.6 is 11.3 Å². The molecule has 134 valence electrons. The fraction of sp³-hybridized carbons (Fsp3) is 0.0952. The van der Waals surface area contributed by atoms with Crippen molar-refractivity contribution in [2.75, 3.05) is 11.9 Å². The predicted octanol–water partition coefficient (Wildman–Crippen LogP) is 4.28. The van der Waals surface area contributed by atoms with Crippen LogP contribution in [0.3, 0.4) is 0 Å². The highest BCUT2D eigenvalue weighted by Gasteiger charge is 2.17. The molecule has 5 nitrogen and oxygen atoms in total. The molecule has 0 fully saturated rings. The zero-order chi connectivity index (χ0) is 19.0. The maximum absolute atomic E-state index is 12.8. The summed E-state index contributed by atoms with van der Waals surface area (Å²) in [4.78, 5) is 26.7. The molecule has 0 saturated heterocycles. The topological polar surface area (TPSA) is 54.7 Å². The summed E-state index contributed by atoms with van der Waals surface area (Å²) in [7, 11) is 1.74. The van der Waals surface area contributed by atoms with Gasteiger partial charge < -0.3 is 4.90 Å². The average Bonchev–Trinajstić information content (AvgIpc) is 3.36. The number of carbonyl (C=O) groups is 2. The molecule has 0 spiro atoms. The van der Waals surface area contributed by atoms with Crippen molar-refractivity contribution < 1.29 is 9.59 Å². The van der Waals surface area contributed by atoms with E-state index in [1.807, 2.05) is 60.0 Å². The van der Waals surface area contributed by atoms with Crippen LogP contribution in [0, 0.1) is 0 Å². The summed E-state index contributed by atoms with van der Waals surface area (Å²) in [6.07, 6.45) is 1.62. The second-order valence-corrected chi connectivity index (χ2v) is 7.15. The molecule has 0 aliphatic rings. The lowest BCUT2D eigenvalue weighted by Crippen LogP contribution is -2.22. The van der Waals surface area contributed by atoms with Gasteiger partial charge >= 0.3 is 0 Å². The SMILES string of the molecule is CC(=O)N(C)c1cccc(-c2cccc3c(C(=O)c4cccs4)cnn23)c1. The number of ketones is 1. The molecule has 1 aromatic carbocycles. The Balaban J connectivity index is 1.82. The number of fused-ring (bicyclic) bond motifs is 1. The van der Waals surface area contributed by atoms with Gasteiger partial charge in [-0.2, -0.15) is 5.10 Å². The number of amides is 1. The maximum Gasteiger partial charge on any atom is 0.223 e. The van der Waals surface area contributed by atoms with E-state index in [4.69, 9.17) is 0 Å². The monoisotopic (exact) mass is 375 g/mol. The molecule has 0 unspecified atom stereocenters. The third-order valence-corrected chi connectivity index (χ3v) is 5.40. The summed E-state index contributed by atoms with van der Waals surface area (Å²) >= 11 is 1.42.